The molecule has 0 spiro atoms. The standard InChI is InChI=1S/C19H19NO5/c1-12(21)20-16-10-8-13(11-15(16)19(22)23)7-9-14-17(24-2)5-4-6-18(14)25-3/h4-11H,1-3H3,(H,20,21)(H,22,23). The van der Waals surface area contributed by atoms with Crippen LogP contribution in [-0.4, -0.2) is 31.2 Å². The van der Waals surface area contributed by atoms with Crippen LogP contribution in [-0.2, 0) is 4.79 Å². The van der Waals surface area contributed by atoms with Gasteiger partial charge in [0.05, 0.1) is 31.0 Å². The second-order valence-electron chi connectivity index (χ2n) is 5.20. The Hall–Kier alpha value is -3.28. The largest absolute Gasteiger partial charge is 0.496 e. The molecule has 0 atom stereocenters. The average Bonchev–Trinajstić information content (AvgIpc) is 2.59. The Labute approximate surface area is 145 Å². The third kappa shape index (κ3) is 4.38. The fourth-order valence-corrected chi connectivity index (χ4v) is 2.36. The maximum Gasteiger partial charge on any atom is 0.337 e. The number of carbonyl (C=O) groups excluding carboxylic acids is 1. The Bertz CT molecular complexity index is 804. The van der Waals surface area contributed by atoms with Gasteiger partial charge < -0.3 is 19.9 Å². The summed E-state index contributed by atoms with van der Waals surface area (Å²) in [6, 6.07) is 10.2. The van der Waals surface area contributed by atoms with Gasteiger partial charge in [0.2, 0.25) is 5.91 Å². The number of carboxylic acids is 1. The molecule has 0 saturated heterocycles. The second-order valence-corrected chi connectivity index (χ2v) is 5.20. The zero-order valence-corrected chi connectivity index (χ0v) is 14.2. The molecule has 130 valence electrons. The third-order valence-electron chi connectivity index (χ3n) is 3.49. The molecule has 2 aromatic carbocycles. The summed E-state index contributed by atoms with van der Waals surface area (Å²) in [6.45, 7) is 1.33. The van der Waals surface area contributed by atoms with Gasteiger partial charge in [-0.3, -0.25) is 4.79 Å². The van der Waals surface area contributed by atoms with Crippen molar-refractivity contribution in [3.8, 4) is 11.5 Å². The van der Waals surface area contributed by atoms with E-state index in [9.17, 15) is 14.7 Å². The van der Waals surface area contributed by atoms with Crippen molar-refractivity contribution in [3.05, 3.63) is 53.1 Å². The van der Waals surface area contributed by atoms with Crippen molar-refractivity contribution in [1.29, 1.82) is 0 Å². The number of hydrogen-bond donors (Lipinski definition) is 2. The van der Waals surface area contributed by atoms with Crippen LogP contribution in [0.15, 0.2) is 36.4 Å². The molecule has 0 aliphatic rings. The zero-order chi connectivity index (χ0) is 18.4. The molecule has 0 aliphatic heterocycles. The van der Waals surface area contributed by atoms with Gasteiger partial charge in [0.15, 0.2) is 0 Å². The van der Waals surface area contributed by atoms with E-state index in [4.69, 9.17) is 9.47 Å². The molecule has 2 N–H and O–H groups in total. The predicted octanol–water partition coefficient (Wildman–Crippen LogP) is 3.53. The summed E-state index contributed by atoms with van der Waals surface area (Å²) in [5.41, 5.74) is 1.69. The van der Waals surface area contributed by atoms with Crippen molar-refractivity contribution < 1.29 is 24.2 Å². The van der Waals surface area contributed by atoms with E-state index in [-0.39, 0.29) is 17.2 Å². The van der Waals surface area contributed by atoms with Crippen LogP contribution in [0.2, 0.25) is 0 Å². The number of hydrogen-bond acceptors (Lipinski definition) is 4. The van der Waals surface area contributed by atoms with Gasteiger partial charge in [-0.05, 0) is 35.9 Å². The highest BCUT2D eigenvalue weighted by atomic mass is 16.5. The van der Waals surface area contributed by atoms with Gasteiger partial charge in [0.25, 0.3) is 0 Å². The number of aromatic carboxylic acids is 1. The number of benzene rings is 2. The Morgan fingerprint density at radius 1 is 1.04 bits per heavy atom. The number of nitrogens with one attached hydrogen (secondary N) is 1. The van der Waals surface area contributed by atoms with Gasteiger partial charge in [-0.2, -0.15) is 0 Å². The maximum absolute atomic E-state index is 11.4. The van der Waals surface area contributed by atoms with E-state index in [0.29, 0.717) is 17.1 Å². The molecule has 25 heavy (non-hydrogen) atoms. The lowest BCUT2D eigenvalue weighted by atomic mass is 10.1. The summed E-state index contributed by atoms with van der Waals surface area (Å²) in [4.78, 5) is 22.6. The summed E-state index contributed by atoms with van der Waals surface area (Å²) in [7, 11) is 3.13. The summed E-state index contributed by atoms with van der Waals surface area (Å²) >= 11 is 0. The zero-order valence-electron chi connectivity index (χ0n) is 14.2. The Kier molecular flexibility index (Phi) is 5.79. The number of anilines is 1. The minimum atomic E-state index is -1.12. The van der Waals surface area contributed by atoms with Crippen LogP contribution < -0.4 is 14.8 Å². The first-order valence-corrected chi connectivity index (χ1v) is 7.50. The van der Waals surface area contributed by atoms with E-state index in [1.807, 2.05) is 18.2 Å². The van der Waals surface area contributed by atoms with Crippen LogP contribution in [0.25, 0.3) is 12.2 Å². The molecular formula is C19H19NO5. The predicted molar refractivity (Wildman–Crippen MR) is 96.2 cm³/mol. The van der Waals surface area contributed by atoms with Crippen LogP contribution in [0.5, 0.6) is 11.5 Å². The number of rotatable bonds is 6. The molecule has 0 aliphatic carbocycles. The van der Waals surface area contributed by atoms with Crippen LogP contribution >= 0.6 is 0 Å². The monoisotopic (exact) mass is 341 g/mol. The lowest BCUT2D eigenvalue weighted by molar-refractivity contribution is -0.114. The molecule has 0 fully saturated rings. The topological polar surface area (TPSA) is 84.9 Å². The molecule has 2 rings (SSSR count). The van der Waals surface area contributed by atoms with Crippen molar-refractivity contribution in [3.63, 3.8) is 0 Å². The number of carbonyl (C=O) groups is 2. The first-order valence-electron chi connectivity index (χ1n) is 7.50. The minimum Gasteiger partial charge on any atom is -0.496 e. The smallest absolute Gasteiger partial charge is 0.337 e. The Balaban J connectivity index is 2.41. The van der Waals surface area contributed by atoms with Gasteiger partial charge in [-0.25, -0.2) is 4.79 Å². The Morgan fingerprint density at radius 2 is 1.68 bits per heavy atom. The summed E-state index contributed by atoms with van der Waals surface area (Å²) in [6.07, 6.45) is 3.54. The van der Waals surface area contributed by atoms with Crippen molar-refractivity contribution in [2.75, 3.05) is 19.5 Å². The van der Waals surface area contributed by atoms with E-state index in [1.165, 1.54) is 13.0 Å². The first kappa shape index (κ1) is 18.1. The third-order valence-corrected chi connectivity index (χ3v) is 3.49. The fraction of sp³-hybridized carbons (Fsp3) is 0.158. The van der Waals surface area contributed by atoms with Gasteiger partial charge in [0, 0.05) is 6.92 Å². The number of ether oxygens (including phenoxy) is 2. The van der Waals surface area contributed by atoms with E-state index < -0.39 is 5.97 Å². The normalized spacial score (nSPS) is 10.5. The van der Waals surface area contributed by atoms with Crippen LogP contribution in [0.4, 0.5) is 5.69 Å². The molecule has 0 aromatic heterocycles. The number of carboxylic acid groups (broad SMARTS) is 1. The SMILES string of the molecule is COc1cccc(OC)c1C=Cc1ccc(NC(C)=O)c(C(=O)O)c1. The van der Waals surface area contributed by atoms with Crippen molar-refractivity contribution in [2.45, 2.75) is 6.92 Å². The molecular weight excluding hydrogens is 322 g/mol. The van der Waals surface area contributed by atoms with Crippen molar-refractivity contribution >= 4 is 29.7 Å². The number of methoxy groups -OCH3 is 2. The van der Waals surface area contributed by atoms with Gasteiger partial charge in [-0.15, -0.1) is 0 Å². The number of amides is 1. The van der Waals surface area contributed by atoms with E-state index in [2.05, 4.69) is 5.32 Å². The molecule has 0 saturated carbocycles. The van der Waals surface area contributed by atoms with Gasteiger partial charge in [-0.1, -0.05) is 18.2 Å². The fourth-order valence-electron chi connectivity index (χ4n) is 2.36. The lowest BCUT2D eigenvalue weighted by Crippen LogP contribution is -2.10. The highest BCUT2D eigenvalue weighted by molar-refractivity contribution is 6.00. The average molecular weight is 341 g/mol. The van der Waals surface area contributed by atoms with Crippen molar-refractivity contribution in [2.24, 2.45) is 0 Å². The maximum atomic E-state index is 11.4. The Morgan fingerprint density at radius 3 is 2.20 bits per heavy atom. The van der Waals surface area contributed by atoms with E-state index in [0.717, 1.165) is 5.56 Å². The van der Waals surface area contributed by atoms with E-state index in [1.54, 1.807) is 38.5 Å². The molecule has 0 bridgehead atoms. The molecule has 6 heteroatoms. The molecule has 0 radical (unpaired) electrons. The van der Waals surface area contributed by atoms with Gasteiger partial charge >= 0.3 is 5.97 Å². The quantitative estimate of drug-likeness (QED) is 0.785. The molecule has 6 nitrogen and oxygen atoms in total. The second kappa shape index (κ2) is 8.01. The van der Waals surface area contributed by atoms with E-state index >= 15 is 0 Å². The molecule has 0 heterocycles. The van der Waals surface area contributed by atoms with Crippen molar-refractivity contribution in [1.82, 2.24) is 0 Å². The summed E-state index contributed by atoms with van der Waals surface area (Å²) < 4.78 is 10.7. The minimum absolute atomic E-state index is 0.0179. The molecule has 1 amide bonds. The summed E-state index contributed by atoms with van der Waals surface area (Å²) in [5, 5.41) is 11.8. The first-order chi connectivity index (χ1) is 12.0. The van der Waals surface area contributed by atoms with Crippen LogP contribution in [0.1, 0.15) is 28.4 Å². The van der Waals surface area contributed by atoms with Gasteiger partial charge in [0.1, 0.15) is 11.5 Å². The molecule has 0 unspecified atom stereocenters. The highest BCUT2D eigenvalue weighted by Gasteiger charge is 2.12. The van der Waals surface area contributed by atoms with Crippen LogP contribution in [0, 0.1) is 0 Å². The summed E-state index contributed by atoms with van der Waals surface area (Å²) in [5.74, 6) is -0.161. The molecule has 2 aromatic rings. The lowest BCUT2D eigenvalue weighted by Gasteiger charge is -2.10. The van der Waals surface area contributed by atoms with Crippen LogP contribution in [0.3, 0.4) is 0 Å². The highest BCUT2D eigenvalue weighted by Crippen LogP contribution is 2.30.